The van der Waals surface area contributed by atoms with Crippen molar-refractivity contribution < 1.29 is 9.84 Å². The summed E-state index contributed by atoms with van der Waals surface area (Å²) in [5.74, 6) is 1.61. The van der Waals surface area contributed by atoms with Gasteiger partial charge < -0.3 is 14.7 Å². The van der Waals surface area contributed by atoms with E-state index in [0.29, 0.717) is 12.2 Å². The van der Waals surface area contributed by atoms with Crippen molar-refractivity contribution in [2.75, 3.05) is 19.1 Å². The van der Waals surface area contributed by atoms with Gasteiger partial charge in [-0.3, -0.25) is 4.98 Å². The lowest BCUT2D eigenvalue weighted by molar-refractivity contribution is 0.276. The van der Waals surface area contributed by atoms with Crippen LogP contribution in [0.25, 0.3) is 0 Å². The minimum atomic E-state index is -0.0937. The molecule has 1 aromatic heterocycles. The standard InChI is InChI=1S/C14H17N3O2/c1-17(14-8-15-12(10-18)7-16-14)9-11-5-3-4-6-13(11)19-2/h3-8,18H,9-10H2,1-2H3. The predicted molar refractivity (Wildman–Crippen MR) is 73.1 cm³/mol. The first-order chi connectivity index (χ1) is 9.24. The van der Waals surface area contributed by atoms with Gasteiger partial charge in [-0.15, -0.1) is 0 Å². The topological polar surface area (TPSA) is 58.5 Å². The first kappa shape index (κ1) is 13.3. The third-order valence-corrected chi connectivity index (χ3v) is 2.84. The largest absolute Gasteiger partial charge is 0.496 e. The van der Waals surface area contributed by atoms with Crippen LogP contribution in [0.5, 0.6) is 5.75 Å². The summed E-state index contributed by atoms with van der Waals surface area (Å²) in [5.41, 5.74) is 1.65. The third-order valence-electron chi connectivity index (χ3n) is 2.84. The zero-order chi connectivity index (χ0) is 13.7. The summed E-state index contributed by atoms with van der Waals surface area (Å²) >= 11 is 0. The molecule has 0 saturated heterocycles. The van der Waals surface area contributed by atoms with E-state index in [2.05, 4.69) is 9.97 Å². The van der Waals surface area contributed by atoms with E-state index in [1.807, 2.05) is 36.2 Å². The number of methoxy groups -OCH3 is 1. The van der Waals surface area contributed by atoms with E-state index in [9.17, 15) is 0 Å². The lowest BCUT2D eigenvalue weighted by Gasteiger charge is -2.19. The number of nitrogens with zero attached hydrogens (tertiary/aromatic N) is 3. The molecule has 5 heteroatoms. The number of hydrogen-bond acceptors (Lipinski definition) is 5. The minimum Gasteiger partial charge on any atom is -0.496 e. The van der Waals surface area contributed by atoms with Crippen LogP contribution in [0.4, 0.5) is 5.82 Å². The number of rotatable bonds is 5. The van der Waals surface area contributed by atoms with E-state index < -0.39 is 0 Å². The Bertz CT molecular complexity index is 528. The maximum Gasteiger partial charge on any atom is 0.147 e. The van der Waals surface area contributed by atoms with Crippen molar-refractivity contribution in [3.63, 3.8) is 0 Å². The molecule has 0 fully saturated rings. The molecule has 0 bridgehead atoms. The van der Waals surface area contributed by atoms with Crippen LogP contribution in [-0.4, -0.2) is 29.2 Å². The molecule has 0 unspecified atom stereocenters. The molecule has 0 saturated carbocycles. The zero-order valence-corrected chi connectivity index (χ0v) is 11.1. The summed E-state index contributed by atoms with van der Waals surface area (Å²) in [4.78, 5) is 10.4. The van der Waals surface area contributed by atoms with Crippen LogP contribution in [0.15, 0.2) is 36.7 Å². The van der Waals surface area contributed by atoms with Crippen LogP contribution in [-0.2, 0) is 13.2 Å². The smallest absolute Gasteiger partial charge is 0.147 e. The fourth-order valence-electron chi connectivity index (χ4n) is 1.80. The fraction of sp³-hybridized carbons (Fsp3) is 0.286. The van der Waals surface area contributed by atoms with Crippen molar-refractivity contribution in [2.24, 2.45) is 0 Å². The van der Waals surface area contributed by atoms with Crippen LogP contribution >= 0.6 is 0 Å². The number of aromatic nitrogens is 2. The van der Waals surface area contributed by atoms with Gasteiger partial charge in [0.05, 0.1) is 31.8 Å². The predicted octanol–water partition coefficient (Wildman–Crippen LogP) is 1.61. The highest BCUT2D eigenvalue weighted by Crippen LogP contribution is 2.20. The van der Waals surface area contributed by atoms with Gasteiger partial charge in [0.2, 0.25) is 0 Å². The molecule has 5 nitrogen and oxygen atoms in total. The van der Waals surface area contributed by atoms with Crippen molar-refractivity contribution in [2.45, 2.75) is 13.2 Å². The Kier molecular flexibility index (Phi) is 4.30. The second-order valence-electron chi connectivity index (χ2n) is 4.19. The molecule has 0 radical (unpaired) electrons. The summed E-state index contributed by atoms with van der Waals surface area (Å²) in [6.07, 6.45) is 3.23. The number of benzene rings is 1. The minimum absolute atomic E-state index is 0.0937. The van der Waals surface area contributed by atoms with Gasteiger partial charge >= 0.3 is 0 Å². The molecule has 0 aliphatic rings. The summed E-state index contributed by atoms with van der Waals surface area (Å²) in [7, 11) is 3.60. The quantitative estimate of drug-likeness (QED) is 0.884. The molecule has 0 spiro atoms. The van der Waals surface area contributed by atoms with Crippen LogP contribution in [0, 0.1) is 0 Å². The van der Waals surface area contributed by atoms with Gasteiger partial charge in [-0.05, 0) is 6.07 Å². The molecule has 1 N–H and O–H groups in total. The highest BCUT2D eigenvalue weighted by molar-refractivity contribution is 5.40. The summed E-state index contributed by atoms with van der Waals surface area (Å²) in [6, 6.07) is 7.87. The first-order valence-electron chi connectivity index (χ1n) is 5.99. The number of aliphatic hydroxyl groups is 1. The molecular weight excluding hydrogens is 242 g/mol. The van der Waals surface area contributed by atoms with Crippen molar-refractivity contribution in [1.29, 1.82) is 0 Å². The maximum absolute atomic E-state index is 8.94. The van der Waals surface area contributed by atoms with Gasteiger partial charge in [-0.1, -0.05) is 18.2 Å². The Morgan fingerprint density at radius 3 is 2.63 bits per heavy atom. The lowest BCUT2D eigenvalue weighted by Crippen LogP contribution is -2.18. The van der Waals surface area contributed by atoms with E-state index >= 15 is 0 Å². The zero-order valence-electron chi connectivity index (χ0n) is 11.1. The van der Waals surface area contributed by atoms with Gasteiger partial charge in [-0.2, -0.15) is 0 Å². The number of ether oxygens (including phenoxy) is 1. The Labute approximate surface area is 112 Å². The number of para-hydroxylation sites is 1. The second-order valence-corrected chi connectivity index (χ2v) is 4.19. The Morgan fingerprint density at radius 1 is 1.21 bits per heavy atom. The van der Waals surface area contributed by atoms with Crippen molar-refractivity contribution in [3.05, 3.63) is 47.9 Å². The monoisotopic (exact) mass is 259 g/mol. The average molecular weight is 259 g/mol. The van der Waals surface area contributed by atoms with Crippen LogP contribution < -0.4 is 9.64 Å². The van der Waals surface area contributed by atoms with Gasteiger partial charge in [0.15, 0.2) is 0 Å². The summed E-state index contributed by atoms with van der Waals surface area (Å²) in [6.45, 7) is 0.584. The Balaban J connectivity index is 2.13. The number of hydrogen-bond donors (Lipinski definition) is 1. The third kappa shape index (κ3) is 3.20. The molecule has 0 aliphatic heterocycles. The Hall–Kier alpha value is -2.14. The molecule has 100 valence electrons. The van der Waals surface area contributed by atoms with E-state index in [-0.39, 0.29) is 6.61 Å². The van der Waals surface area contributed by atoms with Gasteiger partial charge in [-0.25, -0.2) is 4.98 Å². The summed E-state index contributed by atoms with van der Waals surface area (Å²) in [5, 5.41) is 8.94. The highest BCUT2D eigenvalue weighted by atomic mass is 16.5. The normalized spacial score (nSPS) is 10.3. The number of anilines is 1. The molecule has 0 amide bonds. The average Bonchev–Trinajstić information content (AvgIpc) is 2.48. The van der Waals surface area contributed by atoms with Gasteiger partial charge in [0.25, 0.3) is 0 Å². The molecular formula is C14H17N3O2. The molecule has 0 atom stereocenters. The SMILES string of the molecule is COc1ccccc1CN(C)c1cnc(CO)cn1. The molecule has 2 aromatic rings. The van der Waals surface area contributed by atoms with Crippen molar-refractivity contribution in [1.82, 2.24) is 9.97 Å². The molecule has 0 aliphatic carbocycles. The molecule has 1 heterocycles. The first-order valence-corrected chi connectivity index (χ1v) is 5.99. The lowest BCUT2D eigenvalue weighted by atomic mass is 10.2. The maximum atomic E-state index is 8.94. The number of aliphatic hydroxyl groups excluding tert-OH is 1. The van der Waals surface area contributed by atoms with Gasteiger partial charge in [0, 0.05) is 19.2 Å². The second kappa shape index (κ2) is 6.15. The van der Waals surface area contributed by atoms with Crippen LogP contribution in [0.2, 0.25) is 0 Å². The molecule has 1 aromatic carbocycles. The van der Waals surface area contributed by atoms with E-state index in [1.54, 1.807) is 19.5 Å². The van der Waals surface area contributed by atoms with E-state index in [0.717, 1.165) is 17.1 Å². The summed E-state index contributed by atoms with van der Waals surface area (Å²) < 4.78 is 5.32. The fourth-order valence-corrected chi connectivity index (χ4v) is 1.80. The van der Waals surface area contributed by atoms with Gasteiger partial charge in [0.1, 0.15) is 11.6 Å². The van der Waals surface area contributed by atoms with Crippen LogP contribution in [0.1, 0.15) is 11.3 Å². The highest BCUT2D eigenvalue weighted by Gasteiger charge is 2.08. The van der Waals surface area contributed by atoms with E-state index in [4.69, 9.17) is 9.84 Å². The van der Waals surface area contributed by atoms with Crippen molar-refractivity contribution >= 4 is 5.82 Å². The Morgan fingerprint density at radius 2 is 2.00 bits per heavy atom. The van der Waals surface area contributed by atoms with Crippen LogP contribution in [0.3, 0.4) is 0 Å². The molecule has 19 heavy (non-hydrogen) atoms. The molecule has 2 rings (SSSR count). The van der Waals surface area contributed by atoms with Crippen molar-refractivity contribution in [3.8, 4) is 5.75 Å². The van der Waals surface area contributed by atoms with E-state index in [1.165, 1.54) is 0 Å².